The maximum Gasteiger partial charge on any atom is 0.153 e. The maximum absolute atomic E-state index is 11.2. The van der Waals surface area contributed by atoms with Crippen LogP contribution in [-0.2, 0) is 11.2 Å². The fourth-order valence-electron chi connectivity index (χ4n) is 2.23. The third-order valence-corrected chi connectivity index (χ3v) is 3.47. The Morgan fingerprint density at radius 3 is 2.56 bits per heavy atom. The molecule has 0 amide bonds. The third-order valence-electron chi connectivity index (χ3n) is 3.09. The molecule has 2 aromatic heterocycles. The molecule has 0 aliphatic rings. The van der Waals surface area contributed by atoms with Gasteiger partial charge in [0.25, 0.3) is 0 Å². The zero-order chi connectivity index (χ0) is 12.7. The van der Waals surface area contributed by atoms with Crippen molar-refractivity contribution < 1.29 is 13.6 Å². The van der Waals surface area contributed by atoms with Gasteiger partial charge in [-0.15, -0.1) is 0 Å². The molecule has 0 spiro atoms. The van der Waals surface area contributed by atoms with E-state index in [1.54, 1.807) is 19.5 Å². The van der Waals surface area contributed by atoms with E-state index in [0.29, 0.717) is 23.4 Å². The summed E-state index contributed by atoms with van der Waals surface area (Å²) in [5, 5.41) is 2.31. The number of carbonyl (C=O) groups is 1. The van der Waals surface area contributed by atoms with Crippen molar-refractivity contribution in [1.29, 1.82) is 0 Å². The molecule has 0 aliphatic carbocycles. The lowest BCUT2D eigenvalue weighted by Crippen LogP contribution is -1.95. The van der Waals surface area contributed by atoms with E-state index in [9.17, 15) is 4.79 Å². The van der Waals surface area contributed by atoms with Gasteiger partial charge in [0, 0.05) is 22.8 Å². The van der Waals surface area contributed by atoms with Crippen LogP contribution in [0.5, 0.6) is 0 Å². The van der Waals surface area contributed by atoms with Crippen molar-refractivity contribution in [1.82, 2.24) is 0 Å². The highest BCUT2D eigenvalue weighted by Crippen LogP contribution is 2.37. The van der Waals surface area contributed by atoms with Crippen LogP contribution in [0.2, 0.25) is 5.02 Å². The first-order valence-corrected chi connectivity index (χ1v) is 6.10. The van der Waals surface area contributed by atoms with E-state index in [1.165, 1.54) is 0 Å². The fourth-order valence-corrected chi connectivity index (χ4v) is 2.52. The molecule has 0 bridgehead atoms. The van der Waals surface area contributed by atoms with Gasteiger partial charge in [-0.2, -0.15) is 0 Å². The monoisotopic (exact) mass is 262 g/mol. The highest BCUT2D eigenvalue weighted by atomic mass is 35.5. The van der Waals surface area contributed by atoms with E-state index in [2.05, 4.69) is 0 Å². The van der Waals surface area contributed by atoms with Gasteiger partial charge >= 0.3 is 0 Å². The Kier molecular flexibility index (Phi) is 2.63. The van der Waals surface area contributed by atoms with E-state index in [-0.39, 0.29) is 5.78 Å². The number of benzene rings is 1. The van der Waals surface area contributed by atoms with Crippen molar-refractivity contribution >= 4 is 39.3 Å². The largest absolute Gasteiger partial charge is 0.464 e. The minimum absolute atomic E-state index is 0.154. The van der Waals surface area contributed by atoms with Gasteiger partial charge in [0.1, 0.15) is 11.4 Å². The Hall–Kier alpha value is -1.74. The van der Waals surface area contributed by atoms with Crippen LogP contribution < -0.4 is 0 Å². The van der Waals surface area contributed by atoms with Crippen LogP contribution in [-0.4, -0.2) is 5.78 Å². The number of furan rings is 2. The summed E-state index contributed by atoms with van der Waals surface area (Å²) in [5.41, 5.74) is 2.39. The van der Waals surface area contributed by atoms with Gasteiger partial charge in [0.15, 0.2) is 5.58 Å². The van der Waals surface area contributed by atoms with Crippen LogP contribution in [0.15, 0.2) is 33.5 Å². The average molecular weight is 263 g/mol. The molecule has 0 unspecified atom stereocenters. The first kappa shape index (κ1) is 11.4. The summed E-state index contributed by atoms with van der Waals surface area (Å²) < 4.78 is 10.9. The highest BCUT2D eigenvalue weighted by molar-refractivity contribution is 6.40. The normalized spacial score (nSPS) is 11.4. The Balaban J connectivity index is 2.29. The van der Waals surface area contributed by atoms with Crippen molar-refractivity contribution in [3.05, 3.63) is 35.2 Å². The molecule has 4 heteroatoms. The van der Waals surface area contributed by atoms with Gasteiger partial charge in [0.2, 0.25) is 0 Å². The lowest BCUT2D eigenvalue weighted by molar-refractivity contribution is -0.116. The maximum atomic E-state index is 11.2. The molecule has 0 fully saturated rings. The van der Waals surface area contributed by atoms with E-state index in [4.69, 9.17) is 20.4 Å². The standard InChI is InChI=1S/C14H11ClO3/c1-8(16)2-3-9-10-4-6-18-14(10)12(15)11-5-7-17-13(9)11/h4-7H,2-3H2,1H3. The summed E-state index contributed by atoms with van der Waals surface area (Å²) in [7, 11) is 0. The van der Waals surface area contributed by atoms with Crippen molar-refractivity contribution in [2.45, 2.75) is 19.8 Å². The lowest BCUT2D eigenvalue weighted by atomic mass is 10.0. The van der Waals surface area contributed by atoms with Crippen molar-refractivity contribution in [2.75, 3.05) is 0 Å². The van der Waals surface area contributed by atoms with Gasteiger partial charge in [0.05, 0.1) is 17.5 Å². The van der Waals surface area contributed by atoms with Crippen molar-refractivity contribution in [3.8, 4) is 0 Å². The predicted molar refractivity (Wildman–Crippen MR) is 70.0 cm³/mol. The molecule has 3 rings (SSSR count). The summed E-state index contributed by atoms with van der Waals surface area (Å²) in [5.74, 6) is 0.154. The van der Waals surface area contributed by atoms with Gasteiger partial charge in [-0.05, 0) is 25.5 Å². The van der Waals surface area contributed by atoms with Crippen LogP contribution in [0.4, 0.5) is 0 Å². The SMILES string of the molecule is CC(=O)CCc1c2ccoc2c(Cl)c2ccoc12. The minimum atomic E-state index is 0.154. The van der Waals surface area contributed by atoms with Crippen LogP contribution in [0, 0.1) is 0 Å². The summed E-state index contributed by atoms with van der Waals surface area (Å²) in [6.45, 7) is 1.59. The molecule has 0 atom stereocenters. The Morgan fingerprint density at radius 2 is 1.83 bits per heavy atom. The third kappa shape index (κ3) is 1.63. The number of hydrogen-bond donors (Lipinski definition) is 0. The topological polar surface area (TPSA) is 43.4 Å². The molecule has 0 saturated carbocycles. The summed E-state index contributed by atoms with van der Waals surface area (Å²) in [4.78, 5) is 11.2. The average Bonchev–Trinajstić information content (AvgIpc) is 2.95. The highest BCUT2D eigenvalue weighted by Gasteiger charge is 2.17. The van der Waals surface area contributed by atoms with E-state index in [1.807, 2.05) is 12.1 Å². The van der Waals surface area contributed by atoms with Crippen LogP contribution >= 0.6 is 11.6 Å². The number of hydrogen-bond acceptors (Lipinski definition) is 3. The number of aryl methyl sites for hydroxylation is 1. The van der Waals surface area contributed by atoms with E-state index >= 15 is 0 Å². The quantitative estimate of drug-likeness (QED) is 0.705. The van der Waals surface area contributed by atoms with Crippen molar-refractivity contribution in [3.63, 3.8) is 0 Å². The Labute approximate surface area is 108 Å². The fraction of sp³-hybridized carbons (Fsp3) is 0.214. The van der Waals surface area contributed by atoms with Crippen molar-refractivity contribution in [2.24, 2.45) is 0 Å². The van der Waals surface area contributed by atoms with E-state index < -0.39 is 0 Å². The minimum Gasteiger partial charge on any atom is -0.464 e. The number of halogens is 1. The number of rotatable bonds is 3. The molecule has 0 aliphatic heterocycles. The lowest BCUT2D eigenvalue weighted by Gasteiger charge is -2.04. The molecule has 3 aromatic rings. The molecule has 2 heterocycles. The molecule has 92 valence electrons. The number of carbonyl (C=O) groups excluding carboxylic acids is 1. The second-order valence-electron chi connectivity index (χ2n) is 4.32. The first-order valence-electron chi connectivity index (χ1n) is 5.72. The predicted octanol–water partition coefficient (Wildman–Crippen LogP) is 4.35. The van der Waals surface area contributed by atoms with Gasteiger partial charge in [-0.25, -0.2) is 0 Å². The number of ketones is 1. The second kappa shape index (κ2) is 4.18. The molecule has 0 saturated heterocycles. The summed E-state index contributed by atoms with van der Waals surface area (Å²) in [6, 6.07) is 3.68. The summed E-state index contributed by atoms with van der Waals surface area (Å²) in [6.07, 6.45) is 4.32. The van der Waals surface area contributed by atoms with Crippen LogP contribution in [0.25, 0.3) is 21.9 Å². The molecule has 18 heavy (non-hydrogen) atoms. The number of fused-ring (bicyclic) bond motifs is 2. The molecular formula is C14H11ClO3. The second-order valence-corrected chi connectivity index (χ2v) is 4.70. The molecular weight excluding hydrogens is 252 g/mol. The molecule has 1 aromatic carbocycles. The van der Waals surface area contributed by atoms with Crippen LogP contribution in [0.3, 0.4) is 0 Å². The van der Waals surface area contributed by atoms with Gasteiger partial charge in [-0.1, -0.05) is 11.6 Å². The molecule has 0 N–H and O–H groups in total. The Morgan fingerprint density at radius 1 is 1.17 bits per heavy atom. The Bertz CT molecular complexity index is 684. The van der Waals surface area contributed by atoms with Gasteiger partial charge < -0.3 is 13.6 Å². The smallest absolute Gasteiger partial charge is 0.153 e. The zero-order valence-electron chi connectivity index (χ0n) is 9.83. The summed E-state index contributed by atoms with van der Waals surface area (Å²) >= 11 is 6.27. The molecule has 0 radical (unpaired) electrons. The van der Waals surface area contributed by atoms with Gasteiger partial charge in [-0.3, -0.25) is 0 Å². The zero-order valence-corrected chi connectivity index (χ0v) is 10.6. The van der Waals surface area contributed by atoms with Crippen LogP contribution in [0.1, 0.15) is 18.9 Å². The first-order chi connectivity index (χ1) is 8.68. The molecule has 3 nitrogen and oxygen atoms in total. The number of Topliss-reactive ketones (excluding diaryl/α,β-unsaturated/α-hetero) is 1. The van der Waals surface area contributed by atoms with E-state index in [0.717, 1.165) is 21.9 Å².